The van der Waals surface area contributed by atoms with Crippen molar-refractivity contribution in [2.75, 3.05) is 19.8 Å². The highest BCUT2D eigenvalue weighted by Gasteiger charge is 2.09. The van der Waals surface area contributed by atoms with E-state index in [1.54, 1.807) is 11.3 Å². The van der Waals surface area contributed by atoms with Crippen molar-refractivity contribution < 1.29 is 14.2 Å². The molecule has 0 amide bonds. The van der Waals surface area contributed by atoms with Crippen LogP contribution in [0.5, 0.6) is 17.2 Å². The molecule has 7 aromatic carbocycles. The van der Waals surface area contributed by atoms with Gasteiger partial charge in [0.15, 0.2) is 0 Å². The SMILES string of the molecule is CCCCCCCCOc1ccc(-c2ccc(C)cc2)cc1.CCCCCOc1ccc(-c2ccc(-c3ccc(C)cc3)cc2)cc1.CCCCCOc1ccc(-c2nnc(-c3ccc(C)cc3)s2)cc1. The topological polar surface area (TPSA) is 53.5 Å². The lowest BCUT2D eigenvalue weighted by atomic mass is 10.00. The molecule has 71 heavy (non-hydrogen) atoms. The lowest BCUT2D eigenvalue weighted by Crippen LogP contribution is -1.97. The van der Waals surface area contributed by atoms with E-state index >= 15 is 0 Å². The minimum absolute atomic E-state index is 0.781. The Labute approximate surface area is 430 Å². The van der Waals surface area contributed by atoms with Crippen molar-refractivity contribution in [2.24, 2.45) is 0 Å². The summed E-state index contributed by atoms with van der Waals surface area (Å²) in [5.74, 6) is 2.85. The maximum atomic E-state index is 5.82. The zero-order valence-corrected chi connectivity index (χ0v) is 44.1. The van der Waals surface area contributed by atoms with E-state index in [2.05, 4.69) is 209 Å². The number of aromatic nitrogens is 2. The molecule has 370 valence electrons. The monoisotopic (exact) mass is 965 g/mol. The van der Waals surface area contributed by atoms with Gasteiger partial charge in [-0.3, -0.25) is 0 Å². The van der Waals surface area contributed by atoms with Gasteiger partial charge in [0.25, 0.3) is 0 Å². The molecule has 0 fully saturated rings. The van der Waals surface area contributed by atoms with Crippen LogP contribution >= 0.6 is 11.3 Å². The minimum atomic E-state index is 0.781. The molecule has 0 spiro atoms. The van der Waals surface area contributed by atoms with E-state index in [9.17, 15) is 0 Å². The van der Waals surface area contributed by atoms with Crippen LogP contribution in [-0.4, -0.2) is 30.0 Å². The largest absolute Gasteiger partial charge is 0.494 e. The van der Waals surface area contributed by atoms with Gasteiger partial charge in [-0.25, -0.2) is 0 Å². The Balaban J connectivity index is 0.000000175. The van der Waals surface area contributed by atoms with Crippen molar-refractivity contribution in [1.82, 2.24) is 10.2 Å². The van der Waals surface area contributed by atoms with Crippen molar-refractivity contribution in [3.05, 3.63) is 187 Å². The average molecular weight is 965 g/mol. The van der Waals surface area contributed by atoms with Crippen molar-refractivity contribution >= 4 is 11.3 Å². The van der Waals surface area contributed by atoms with Crippen molar-refractivity contribution in [2.45, 2.75) is 119 Å². The van der Waals surface area contributed by atoms with Crippen LogP contribution in [0, 0.1) is 20.8 Å². The highest BCUT2D eigenvalue weighted by atomic mass is 32.1. The standard InChI is InChI=1S/C24H26O.C21H28O.C20H22N2OS/c1-3-4-5-18-25-24-16-14-23(15-17-24)22-12-10-21(11-13-22)20-8-6-19(2)7-9-20;1-3-4-5-6-7-8-17-22-21-15-13-20(14-16-21)19-11-9-18(2)10-12-19;1-3-4-5-14-23-18-12-10-17(11-13-18)20-22-21-19(24-20)16-8-6-15(2)7-9-16/h6-17H,3-5,18H2,1-2H3;9-16H,3-8,17H2,1-2H3;6-13H,3-5,14H2,1-2H3. The molecular formula is C65H76N2O3S. The molecule has 0 radical (unpaired) electrons. The number of benzene rings is 7. The zero-order valence-electron chi connectivity index (χ0n) is 43.3. The van der Waals surface area contributed by atoms with E-state index < -0.39 is 0 Å². The molecule has 0 unspecified atom stereocenters. The number of rotatable bonds is 23. The molecule has 0 aliphatic carbocycles. The fourth-order valence-electron chi connectivity index (χ4n) is 7.84. The fourth-order valence-corrected chi connectivity index (χ4v) is 8.69. The quantitative estimate of drug-likeness (QED) is 0.0598. The molecule has 0 saturated carbocycles. The van der Waals surface area contributed by atoms with Gasteiger partial charge >= 0.3 is 0 Å². The minimum Gasteiger partial charge on any atom is -0.494 e. The summed E-state index contributed by atoms with van der Waals surface area (Å²) >= 11 is 1.61. The summed E-state index contributed by atoms with van der Waals surface area (Å²) in [6.45, 7) is 15.4. The van der Waals surface area contributed by atoms with Gasteiger partial charge in [0.2, 0.25) is 0 Å². The third kappa shape index (κ3) is 18.6. The molecule has 0 saturated heterocycles. The highest BCUT2D eigenvalue weighted by molar-refractivity contribution is 7.17. The predicted molar refractivity (Wildman–Crippen MR) is 303 cm³/mol. The normalized spacial score (nSPS) is 10.7. The zero-order chi connectivity index (χ0) is 49.9. The van der Waals surface area contributed by atoms with Crippen LogP contribution in [0.4, 0.5) is 0 Å². The second kappa shape index (κ2) is 30.3. The highest BCUT2D eigenvalue weighted by Crippen LogP contribution is 2.32. The number of nitrogens with zero attached hydrogens (tertiary/aromatic N) is 2. The van der Waals surface area contributed by atoms with Gasteiger partial charge < -0.3 is 14.2 Å². The lowest BCUT2D eigenvalue weighted by molar-refractivity contribution is 0.304. The maximum Gasteiger partial charge on any atom is 0.148 e. The van der Waals surface area contributed by atoms with E-state index in [0.717, 1.165) is 77.5 Å². The van der Waals surface area contributed by atoms with Gasteiger partial charge in [-0.2, -0.15) is 0 Å². The van der Waals surface area contributed by atoms with Gasteiger partial charge in [-0.1, -0.05) is 228 Å². The fraction of sp³-hybridized carbons (Fsp3) is 0.323. The Bertz CT molecular complexity index is 2660. The predicted octanol–water partition coefficient (Wildman–Crippen LogP) is 19.0. The maximum absolute atomic E-state index is 5.82. The van der Waals surface area contributed by atoms with Gasteiger partial charge in [0.05, 0.1) is 19.8 Å². The van der Waals surface area contributed by atoms with Crippen LogP contribution < -0.4 is 14.2 Å². The molecule has 0 N–H and O–H groups in total. The van der Waals surface area contributed by atoms with Crippen LogP contribution in [0.2, 0.25) is 0 Å². The second-order valence-corrected chi connectivity index (χ2v) is 19.4. The van der Waals surface area contributed by atoms with Crippen LogP contribution in [-0.2, 0) is 0 Å². The Hall–Kier alpha value is -6.50. The summed E-state index contributed by atoms with van der Waals surface area (Å²) in [6, 6.07) is 59.4. The molecule has 8 rings (SSSR count). The summed E-state index contributed by atoms with van der Waals surface area (Å²) in [7, 11) is 0. The molecular weight excluding hydrogens is 889 g/mol. The van der Waals surface area contributed by atoms with E-state index in [4.69, 9.17) is 14.2 Å². The number of hydrogen-bond donors (Lipinski definition) is 0. The number of aryl methyl sites for hydroxylation is 3. The first-order valence-electron chi connectivity index (χ1n) is 26.2. The average Bonchev–Trinajstić information content (AvgIpc) is 3.91. The first kappa shape index (κ1) is 53.8. The summed E-state index contributed by atoms with van der Waals surface area (Å²) in [4.78, 5) is 0. The Morgan fingerprint density at radius 1 is 0.282 bits per heavy atom. The third-order valence-corrected chi connectivity index (χ3v) is 13.3. The summed E-state index contributed by atoms with van der Waals surface area (Å²) < 4.78 is 17.4. The first-order valence-corrected chi connectivity index (χ1v) is 27.0. The van der Waals surface area contributed by atoms with Gasteiger partial charge in [-0.15, -0.1) is 10.2 Å². The molecule has 0 atom stereocenters. The van der Waals surface area contributed by atoms with Crippen molar-refractivity contribution in [3.63, 3.8) is 0 Å². The number of hydrogen-bond acceptors (Lipinski definition) is 6. The van der Waals surface area contributed by atoms with Crippen LogP contribution in [0.3, 0.4) is 0 Å². The molecule has 0 aliphatic heterocycles. The van der Waals surface area contributed by atoms with E-state index in [1.807, 2.05) is 12.1 Å². The van der Waals surface area contributed by atoms with Gasteiger partial charge in [0, 0.05) is 11.1 Å². The van der Waals surface area contributed by atoms with E-state index in [1.165, 1.54) is 108 Å². The molecule has 8 aromatic rings. The lowest BCUT2D eigenvalue weighted by Gasteiger charge is -2.08. The summed E-state index contributed by atoms with van der Waals surface area (Å²) in [5, 5.41) is 10.5. The molecule has 6 heteroatoms. The van der Waals surface area contributed by atoms with Crippen molar-refractivity contribution in [3.8, 4) is 71.8 Å². The number of unbranched alkanes of at least 4 members (excludes halogenated alkanes) is 9. The van der Waals surface area contributed by atoms with Crippen molar-refractivity contribution in [1.29, 1.82) is 0 Å². The Morgan fingerprint density at radius 2 is 0.507 bits per heavy atom. The van der Waals surface area contributed by atoms with E-state index in [0.29, 0.717) is 0 Å². The molecule has 1 heterocycles. The number of ether oxygens (including phenoxy) is 3. The first-order chi connectivity index (χ1) is 34.8. The Morgan fingerprint density at radius 3 is 0.831 bits per heavy atom. The van der Waals surface area contributed by atoms with Crippen LogP contribution in [0.25, 0.3) is 54.5 Å². The van der Waals surface area contributed by atoms with Gasteiger partial charge in [0.1, 0.15) is 27.3 Å². The molecule has 0 aliphatic rings. The Kier molecular flexibility index (Phi) is 23.0. The molecule has 1 aromatic heterocycles. The van der Waals surface area contributed by atoms with Crippen LogP contribution in [0.1, 0.15) is 115 Å². The molecule has 5 nitrogen and oxygen atoms in total. The van der Waals surface area contributed by atoms with Gasteiger partial charge in [-0.05, 0) is 122 Å². The molecule has 0 bridgehead atoms. The third-order valence-electron chi connectivity index (χ3n) is 12.3. The van der Waals surface area contributed by atoms with E-state index in [-0.39, 0.29) is 0 Å². The van der Waals surface area contributed by atoms with Crippen LogP contribution in [0.15, 0.2) is 170 Å². The summed E-state index contributed by atoms with van der Waals surface area (Å²) in [6.07, 6.45) is 14.9. The summed E-state index contributed by atoms with van der Waals surface area (Å²) in [5.41, 5.74) is 13.5. The smallest absolute Gasteiger partial charge is 0.148 e. The second-order valence-electron chi connectivity index (χ2n) is 18.4.